The summed E-state index contributed by atoms with van der Waals surface area (Å²) >= 11 is 0. The van der Waals surface area contributed by atoms with Crippen LogP contribution in [0, 0.1) is 0 Å². The second-order valence-corrected chi connectivity index (χ2v) is 8.95. The van der Waals surface area contributed by atoms with Gasteiger partial charge in [-0.2, -0.15) is 0 Å². The minimum absolute atomic E-state index is 0.121. The summed E-state index contributed by atoms with van der Waals surface area (Å²) in [5.41, 5.74) is 0. The van der Waals surface area contributed by atoms with Gasteiger partial charge in [0.2, 0.25) is 0 Å². The molecule has 0 amide bonds. The topological polar surface area (TPSA) is 73.8 Å². The van der Waals surface area contributed by atoms with Gasteiger partial charge in [0, 0.05) is 38.8 Å². The molecule has 0 bridgehead atoms. The van der Waals surface area contributed by atoms with E-state index in [4.69, 9.17) is 0 Å². The maximum absolute atomic E-state index is 12.2. The molecule has 0 radical (unpaired) electrons. The van der Waals surface area contributed by atoms with Crippen LogP contribution in [-0.2, 0) is 9.84 Å². The van der Waals surface area contributed by atoms with E-state index in [2.05, 4.69) is 48.2 Å². The van der Waals surface area contributed by atoms with E-state index in [1.165, 1.54) is 0 Å². The predicted molar refractivity (Wildman–Crippen MR) is 109 cm³/mol. The number of guanidine groups is 1. The average Bonchev–Trinajstić information content (AvgIpc) is 2.60. The number of nitrogens with zero attached hydrogens (tertiary/aromatic N) is 2. The molecule has 2 N–H and O–H groups in total. The molecule has 0 saturated carbocycles. The van der Waals surface area contributed by atoms with Crippen molar-refractivity contribution in [3.05, 3.63) is 30.3 Å². The van der Waals surface area contributed by atoms with Gasteiger partial charge in [-0.15, -0.1) is 0 Å². The van der Waals surface area contributed by atoms with Gasteiger partial charge in [0.15, 0.2) is 15.8 Å². The van der Waals surface area contributed by atoms with Gasteiger partial charge in [-0.3, -0.25) is 9.89 Å². The zero-order valence-electron chi connectivity index (χ0n) is 16.7. The van der Waals surface area contributed by atoms with Crippen molar-refractivity contribution >= 4 is 15.8 Å². The molecule has 26 heavy (non-hydrogen) atoms. The number of sulfone groups is 1. The summed E-state index contributed by atoms with van der Waals surface area (Å²) in [6, 6.07) is 9.57. The molecule has 0 aliphatic heterocycles. The third kappa shape index (κ3) is 7.74. The molecule has 1 aromatic carbocycles. The molecule has 0 atom stereocenters. The zero-order chi connectivity index (χ0) is 19.6. The first kappa shape index (κ1) is 22.4. The van der Waals surface area contributed by atoms with Crippen LogP contribution in [0.4, 0.5) is 0 Å². The van der Waals surface area contributed by atoms with Crippen molar-refractivity contribution in [2.24, 2.45) is 4.99 Å². The summed E-state index contributed by atoms with van der Waals surface area (Å²) in [5, 5.41) is 6.47. The van der Waals surface area contributed by atoms with E-state index < -0.39 is 9.84 Å². The molecule has 0 aliphatic rings. The van der Waals surface area contributed by atoms with E-state index in [-0.39, 0.29) is 5.75 Å². The first-order chi connectivity index (χ1) is 12.3. The van der Waals surface area contributed by atoms with E-state index in [1.807, 2.05) is 6.07 Å². The van der Waals surface area contributed by atoms with E-state index >= 15 is 0 Å². The van der Waals surface area contributed by atoms with Gasteiger partial charge in [0.1, 0.15) is 0 Å². The second-order valence-electron chi connectivity index (χ2n) is 6.84. The van der Waals surface area contributed by atoms with Crippen molar-refractivity contribution < 1.29 is 8.42 Å². The Morgan fingerprint density at radius 3 is 2.15 bits per heavy atom. The van der Waals surface area contributed by atoms with Gasteiger partial charge in [0.05, 0.1) is 10.6 Å². The van der Waals surface area contributed by atoms with Gasteiger partial charge >= 0.3 is 0 Å². The molecule has 1 rings (SSSR count). The first-order valence-corrected chi connectivity index (χ1v) is 10.9. The molecular weight excluding hydrogens is 348 g/mol. The summed E-state index contributed by atoms with van der Waals surface area (Å²) in [4.78, 5) is 6.98. The number of rotatable bonds is 10. The van der Waals surface area contributed by atoms with E-state index in [1.54, 1.807) is 31.3 Å². The molecule has 0 aromatic heterocycles. The van der Waals surface area contributed by atoms with Gasteiger partial charge in [-0.1, -0.05) is 18.2 Å². The number of benzene rings is 1. The van der Waals surface area contributed by atoms with Gasteiger partial charge in [0.25, 0.3) is 0 Å². The highest BCUT2D eigenvalue weighted by molar-refractivity contribution is 7.91. The molecule has 148 valence electrons. The van der Waals surface area contributed by atoms with Crippen LogP contribution in [0.15, 0.2) is 40.2 Å². The molecule has 0 unspecified atom stereocenters. The Morgan fingerprint density at radius 2 is 1.62 bits per heavy atom. The normalized spacial score (nSPS) is 12.8. The van der Waals surface area contributed by atoms with Crippen LogP contribution < -0.4 is 10.6 Å². The van der Waals surface area contributed by atoms with Crippen LogP contribution in [0.2, 0.25) is 0 Å². The van der Waals surface area contributed by atoms with Crippen LogP contribution in [0.5, 0.6) is 0 Å². The quantitative estimate of drug-likeness (QED) is 0.368. The largest absolute Gasteiger partial charge is 0.356 e. The summed E-state index contributed by atoms with van der Waals surface area (Å²) in [6.45, 7) is 11.1. The van der Waals surface area contributed by atoms with Crippen molar-refractivity contribution in [2.75, 3.05) is 32.4 Å². The maximum atomic E-state index is 12.2. The lowest BCUT2D eigenvalue weighted by Crippen LogP contribution is -2.45. The second kappa shape index (κ2) is 11.2. The summed E-state index contributed by atoms with van der Waals surface area (Å²) in [7, 11) is -1.50. The molecule has 7 heteroatoms. The third-order valence-electron chi connectivity index (χ3n) is 4.20. The van der Waals surface area contributed by atoms with Crippen LogP contribution in [0.3, 0.4) is 0 Å². The van der Waals surface area contributed by atoms with Gasteiger partial charge in [-0.05, 0) is 46.2 Å². The lowest BCUT2D eigenvalue weighted by Gasteiger charge is -2.30. The van der Waals surface area contributed by atoms with Crippen molar-refractivity contribution in [1.82, 2.24) is 15.5 Å². The third-order valence-corrected chi connectivity index (χ3v) is 6.01. The smallest absolute Gasteiger partial charge is 0.191 e. The number of aliphatic imine (C=N–C) groups is 1. The minimum Gasteiger partial charge on any atom is -0.356 e. The highest BCUT2D eigenvalue weighted by Gasteiger charge is 2.14. The fraction of sp³-hybridized carbons (Fsp3) is 0.632. The molecular formula is C19H34N4O2S. The maximum Gasteiger partial charge on any atom is 0.191 e. The van der Waals surface area contributed by atoms with E-state index in [0.29, 0.717) is 35.9 Å². The Bertz CT molecular complexity index is 635. The van der Waals surface area contributed by atoms with Crippen molar-refractivity contribution in [3.8, 4) is 0 Å². The van der Waals surface area contributed by atoms with Crippen LogP contribution in [0.25, 0.3) is 0 Å². The van der Waals surface area contributed by atoms with Crippen LogP contribution in [0.1, 0.15) is 34.1 Å². The molecule has 0 fully saturated rings. The molecule has 0 spiro atoms. The summed E-state index contributed by atoms with van der Waals surface area (Å²) in [6.07, 6.45) is 0.530. The molecule has 0 aliphatic carbocycles. The van der Waals surface area contributed by atoms with E-state index in [9.17, 15) is 8.42 Å². The Balaban J connectivity index is 2.35. The van der Waals surface area contributed by atoms with Gasteiger partial charge in [-0.25, -0.2) is 8.42 Å². The Kier molecular flexibility index (Phi) is 9.65. The average molecular weight is 383 g/mol. The Labute approximate surface area is 159 Å². The Hall–Kier alpha value is -1.60. The van der Waals surface area contributed by atoms with Crippen LogP contribution in [-0.4, -0.2) is 63.8 Å². The fourth-order valence-electron chi connectivity index (χ4n) is 2.85. The minimum atomic E-state index is -3.22. The Morgan fingerprint density at radius 1 is 1.04 bits per heavy atom. The van der Waals surface area contributed by atoms with Crippen molar-refractivity contribution in [3.63, 3.8) is 0 Å². The van der Waals surface area contributed by atoms with Crippen molar-refractivity contribution in [2.45, 2.75) is 51.1 Å². The lowest BCUT2D eigenvalue weighted by atomic mass is 10.2. The predicted octanol–water partition coefficient (Wildman–Crippen LogP) is 2.13. The molecule has 1 aromatic rings. The SMILES string of the molecule is CN=C(NCCCS(=O)(=O)c1ccccc1)NCCN(C(C)C)C(C)C. The fourth-order valence-corrected chi connectivity index (χ4v) is 4.18. The summed E-state index contributed by atoms with van der Waals surface area (Å²) < 4.78 is 24.5. The van der Waals surface area contributed by atoms with E-state index in [0.717, 1.165) is 13.1 Å². The van der Waals surface area contributed by atoms with Crippen LogP contribution >= 0.6 is 0 Å². The summed E-state index contributed by atoms with van der Waals surface area (Å²) in [5.74, 6) is 0.824. The van der Waals surface area contributed by atoms with Gasteiger partial charge < -0.3 is 10.6 Å². The standard InChI is InChI=1S/C19H34N4O2S/c1-16(2)23(17(3)4)14-13-22-19(20-5)21-12-9-15-26(24,25)18-10-7-6-8-11-18/h6-8,10-11,16-17H,9,12-15H2,1-5H3,(H2,20,21,22). The highest BCUT2D eigenvalue weighted by Crippen LogP contribution is 2.10. The monoisotopic (exact) mass is 382 g/mol. The number of hydrogen-bond donors (Lipinski definition) is 2. The zero-order valence-corrected chi connectivity index (χ0v) is 17.5. The first-order valence-electron chi connectivity index (χ1n) is 9.26. The molecule has 0 heterocycles. The van der Waals surface area contributed by atoms with Crippen molar-refractivity contribution in [1.29, 1.82) is 0 Å². The highest BCUT2D eigenvalue weighted by atomic mass is 32.2. The molecule has 6 nitrogen and oxygen atoms in total. The lowest BCUT2D eigenvalue weighted by molar-refractivity contribution is 0.178. The molecule has 0 saturated heterocycles. The number of nitrogens with one attached hydrogen (secondary N) is 2. The number of hydrogen-bond acceptors (Lipinski definition) is 4.